The number of anilines is 1. The first-order chi connectivity index (χ1) is 8.65. The topological polar surface area (TPSA) is 90.4 Å². The number of nitrogen functional groups attached to an aromatic ring is 1. The molecular formula is C12H13N3O3. The molecule has 6 nitrogen and oxygen atoms in total. The summed E-state index contributed by atoms with van der Waals surface area (Å²) in [6.07, 6.45) is 1.61. The number of nitrogens with two attached hydrogens (primary N) is 1. The quantitative estimate of drug-likeness (QED) is 0.780. The molecule has 0 bridgehead atoms. The van der Waals surface area contributed by atoms with Gasteiger partial charge in [-0.15, -0.1) is 0 Å². The molecule has 2 rings (SSSR count). The molecule has 0 atom stereocenters. The van der Waals surface area contributed by atoms with Crippen LogP contribution in [0.15, 0.2) is 30.5 Å². The van der Waals surface area contributed by atoms with Crippen LogP contribution in [0.5, 0.6) is 0 Å². The lowest BCUT2D eigenvalue weighted by Crippen LogP contribution is -2.02. The fourth-order valence-corrected chi connectivity index (χ4v) is 1.55. The zero-order valence-electron chi connectivity index (χ0n) is 9.83. The Morgan fingerprint density at radius 2 is 2.11 bits per heavy atom. The number of benzene rings is 1. The maximum absolute atomic E-state index is 11.3. The smallest absolute Gasteiger partial charge is 0.337 e. The van der Waals surface area contributed by atoms with Gasteiger partial charge < -0.3 is 15.6 Å². The highest BCUT2D eigenvalue weighted by molar-refractivity contribution is 5.89. The number of carbonyl (C=O) groups is 1. The highest BCUT2D eigenvalue weighted by atomic mass is 16.5. The minimum absolute atomic E-state index is 0.209. The molecule has 0 unspecified atom stereocenters. The van der Waals surface area contributed by atoms with Crippen molar-refractivity contribution in [1.82, 2.24) is 9.78 Å². The molecule has 18 heavy (non-hydrogen) atoms. The number of esters is 1. The van der Waals surface area contributed by atoms with Crippen LogP contribution in [0.1, 0.15) is 16.1 Å². The molecule has 0 aliphatic heterocycles. The number of ether oxygens (including phenoxy) is 1. The monoisotopic (exact) mass is 247 g/mol. The van der Waals surface area contributed by atoms with E-state index in [-0.39, 0.29) is 6.61 Å². The molecule has 94 valence electrons. The van der Waals surface area contributed by atoms with E-state index in [1.165, 1.54) is 7.11 Å². The Hall–Kier alpha value is -2.34. The lowest BCUT2D eigenvalue weighted by Gasteiger charge is -2.02. The van der Waals surface area contributed by atoms with Crippen molar-refractivity contribution in [2.75, 3.05) is 12.8 Å². The summed E-state index contributed by atoms with van der Waals surface area (Å²) < 4.78 is 6.15. The maximum atomic E-state index is 11.3. The van der Waals surface area contributed by atoms with Crippen molar-refractivity contribution < 1.29 is 14.6 Å². The number of methoxy groups -OCH3 is 1. The molecule has 3 N–H and O–H groups in total. The third kappa shape index (κ3) is 2.18. The zero-order chi connectivity index (χ0) is 13.1. The Kier molecular flexibility index (Phi) is 3.29. The van der Waals surface area contributed by atoms with Crippen LogP contribution in [0, 0.1) is 0 Å². The van der Waals surface area contributed by atoms with E-state index in [2.05, 4.69) is 9.84 Å². The fourth-order valence-electron chi connectivity index (χ4n) is 1.55. The molecule has 1 aromatic carbocycles. The van der Waals surface area contributed by atoms with Crippen LogP contribution in [0.4, 0.5) is 5.69 Å². The number of aliphatic hydroxyl groups is 1. The van der Waals surface area contributed by atoms with E-state index < -0.39 is 5.97 Å². The molecule has 0 radical (unpaired) electrons. The van der Waals surface area contributed by atoms with Crippen molar-refractivity contribution in [2.24, 2.45) is 0 Å². The third-order valence-corrected chi connectivity index (χ3v) is 2.53. The van der Waals surface area contributed by atoms with Crippen LogP contribution in [0.2, 0.25) is 0 Å². The molecule has 2 aromatic rings. The summed E-state index contributed by atoms with van der Waals surface area (Å²) in [6, 6.07) is 6.72. The summed E-state index contributed by atoms with van der Waals surface area (Å²) in [5.74, 6) is -0.391. The van der Waals surface area contributed by atoms with E-state index >= 15 is 0 Å². The number of rotatable bonds is 3. The summed E-state index contributed by atoms with van der Waals surface area (Å²) >= 11 is 0. The number of carbonyl (C=O) groups excluding carboxylic acids is 1. The minimum atomic E-state index is -0.391. The van der Waals surface area contributed by atoms with E-state index in [1.54, 1.807) is 35.1 Å². The van der Waals surface area contributed by atoms with Gasteiger partial charge in [-0.25, -0.2) is 9.48 Å². The van der Waals surface area contributed by atoms with E-state index in [0.29, 0.717) is 16.9 Å². The normalized spacial score (nSPS) is 10.3. The lowest BCUT2D eigenvalue weighted by atomic mass is 10.2. The fraction of sp³-hybridized carbons (Fsp3) is 0.167. The van der Waals surface area contributed by atoms with Gasteiger partial charge in [0.25, 0.3) is 0 Å². The van der Waals surface area contributed by atoms with E-state index in [4.69, 9.17) is 10.8 Å². The number of nitrogens with zero attached hydrogens (tertiary/aromatic N) is 2. The van der Waals surface area contributed by atoms with Crippen molar-refractivity contribution in [2.45, 2.75) is 6.61 Å². The van der Waals surface area contributed by atoms with Crippen LogP contribution in [0.3, 0.4) is 0 Å². The molecule has 0 amide bonds. The van der Waals surface area contributed by atoms with Gasteiger partial charge >= 0.3 is 5.97 Å². The summed E-state index contributed by atoms with van der Waals surface area (Å²) in [7, 11) is 1.33. The van der Waals surface area contributed by atoms with Gasteiger partial charge in [0.05, 0.1) is 36.9 Å². The van der Waals surface area contributed by atoms with Crippen LogP contribution in [-0.2, 0) is 11.3 Å². The van der Waals surface area contributed by atoms with E-state index in [0.717, 1.165) is 5.69 Å². The summed E-state index contributed by atoms with van der Waals surface area (Å²) in [6.45, 7) is -0.209. The average Bonchev–Trinajstić information content (AvgIpc) is 2.79. The standard InChI is InChI=1S/C12H13N3O3/c1-18-12(17)8-2-4-9(5-3-8)15-6-10(13)11(7-16)14-15/h2-6,16H,7,13H2,1H3. The Labute approximate surface area is 104 Å². The van der Waals surface area contributed by atoms with Gasteiger partial charge in [0, 0.05) is 0 Å². The minimum Gasteiger partial charge on any atom is -0.465 e. The molecule has 0 aliphatic carbocycles. The van der Waals surface area contributed by atoms with Crippen molar-refractivity contribution in [3.63, 3.8) is 0 Å². The Bertz CT molecular complexity index is 560. The SMILES string of the molecule is COC(=O)c1ccc(-n2cc(N)c(CO)n2)cc1. The van der Waals surface area contributed by atoms with Gasteiger partial charge in [-0.05, 0) is 24.3 Å². The second-order valence-corrected chi connectivity index (χ2v) is 3.67. The van der Waals surface area contributed by atoms with Gasteiger partial charge in [0.15, 0.2) is 0 Å². The summed E-state index contributed by atoms with van der Waals surface area (Å²) in [5, 5.41) is 13.1. The van der Waals surface area contributed by atoms with E-state index in [1.807, 2.05) is 0 Å². The summed E-state index contributed by atoms with van der Waals surface area (Å²) in [4.78, 5) is 11.3. The largest absolute Gasteiger partial charge is 0.465 e. The average molecular weight is 247 g/mol. The van der Waals surface area contributed by atoms with Gasteiger partial charge in [-0.2, -0.15) is 5.10 Å². The highest BCUT2D eigenvalue weighted by Gasteiger charge is 2.08. The van der Waals surface area contributed by atoms with Crippen LogP contribution in [-0.4, -0.2) is 28.0 Å². The molecule has 0 spiro atoms. The molecule has 0 fully saturated rings. The first kappa shape index (κ1) is 12.1. The second-order valence-electron chi connectivity index (χ2n) is 3.67. The molecule has 1 heterocycles. The van der Waals surface area contributed by atoms with Crippen molar-refractivity contribution in [3.05, 3.63) is 41.7 Å². The lowest BCUT2D eigenvalue weighted by molar-refractivity contribution is 0.0601. The number of hydrogen-bond acceptors (Lipinski definition) is 5. The van der Waals surface area contributed by atoms with Crippen molar-refractivity contribution in [3.8, 4) is 5.69 Å². The molecule has 0 aliphatic rings. The first-order valence-corrected chi connectivity index (χ1v) is 5.29. The van der Waals surface area contributed by atoms with Gasteiger partial charge in [0.2, 0.25) is 0 Å². The molecule has 0 saturated heterocycles. The van der Waals surface area contributed by atoms with Gasteiger partial charge in [0.1, 0.15) is 5.69 Å². The number of aromatic nitrogens is 2. The highest BCUT2D eigenvalue weighted by Crippen LogP contribution is 2.15. The number of aliphatic hydroxyl groups excluding tert-OH is 1. The molecule has 1 aromatic heterocycles. The Morgan fingerprint density at radius 3 is 2.61 bits per heavy atom. The van der Waals surface area contributed by atoms with Gasteiger partial charge in [-0.1, -0.05) is 0 Å². The Morgan fingerprint density at radius 1 is 1.44 bits per heavy atom. The zero-order valence-corrected chi connectivity index (χ0v) is 9.83. The predicted molar refractivity (Wildman–Crippen MR) is 65.2 cm³/mol. The Balaban J connectivity index is 2.31. The second kappa shape index (κ2) is 4.89. The van der Waals surface area contributed by atoms with E-state index in [9.17, 15) is 4.79 Å². The first-order valence-electron chi connectivity index (χ1n) is 5.29. The van der Waals surface area contributed by atoms with Crippen LogP contribution in [0.25, 0.3) is 5.69 Å². The molecule has 6 heteroatoms. The third-order valence-electron chi connectivity index (χ3n) is 2.53. The van der Waals surface area contributed by atoms with Crippen LogP contribution >= 0.6 is 0 Å². The van der Waals surface area contributed by atoms with Gasteiger partial charge in [-0.3, -0.25) is 0 Å². The predicted octanol–water partition coefficient (Wildman–Crippen LogP) is 0.733. The van der Waals surface area contributed by atoms with Crippen molar-refractivity contribution in [1.29, 1.82) is 0 Å². The summed E-state index contributed by atoms with van der Waals surface area (Å²) in [5.41, 5.74) is 7.73. The maximum Gasteiger partial charge on any atom is 0.337 e. The van der Waals surface area contributed by atoms with Crippen LogP contribution < -0.4 is 5.73 Å². The molecule has 0 saturated carbocycles. The number of hydrogen-bond donors (Lipinski definition) is 2. The van der Waals surface area contributed by atoms with Crippen molar-refractivity contribution >= 4 is 11.7 Å². The molecular weight excluding hydrogens is 234 g/mol.